The molecule has 0 atom stereocenters. The van der Waals surface area contributed by atoms with Gasteiger partial charge in [-0.2, -0.15) is 0 Å². The molecule has 1 heterocycles. The summed E-state index contributed by atoms with van der Waals surface area (Å²) in [6, 6.07) is 8.48. The first-order valence-corrected chi connectivity index (χ1v) is 9.35. The fourth-order valence-electron chi connectivity index (χ4n) is 3.06. The summed E-state index contributed by atoms with van der Waals surface area (Å²) >= 11 is 0. The summed E-state index contributed by atoms with van der Waals surface area (Å²) in [5, 5.41) is 3.23. The Hall–Kier alpha value is -1.79. The standard InChI is InChI=1S/C19H33N5O/c1-3-24(18-8-5-4-7-17(18)2)12-10-22-19(20)21-9-6-11-23-13-15-25-16-14-23/h4-5,7-8H,3,6,9-16H2,1-2H3,(H3,20,21,22). The zero-order valence-electron chi connectivity index (χ0n) is 15.7. The number of hydrogen-bond donors (Lipinski definition) is 2. The lowest BCUT2D eigenvalue weighted by atomic mass is 10.2. The molecule has 1 fully saturated rings. The van der Waals surface area contributed by atoms with E-state index >= 15 is 0 Å². The van der Waals surface area contributed by atoms with Gasteiger partial charge in [0.25, 0.3) is 0 Å². The van der Waals surface area contributed by atoms with E-state index in [0.29, 0.717) is 5.96 Å². The number of ether oxygens (including phenoxy) is 1. The molecule has 1 aliphatic heterocycles. The largest absolute Gasteiger partial charge is 0.379 e. The van der Waals surface area contributed by atoms with Crippen LogP contribution in [0.2, 0.25) is 0 Å². The summed E-state index contributed by atoms with van der Waals surface area (Å²) in [6.45, 7) is 12.6. The number of anilines is 1. The number of rotatable bonds is 9. The average Bonchev–Trinajstić information content (AvgIpc) is 2.64. The Bertz CT molecular complexity index is 528. The molecule has 6 nitrogen and oxygen atoms in total. The second-order valence-corrected chi connectivity index (χ2v) is 6.37. The van der Waals surface area contributed by atoms with E-state index in [2.05, 4.69) is 58.2 Å². The highest BCUT2D eigenvalue weighted by atomic mass is 16.5. The van der Waals surface area contributed by atoms with Crippen LogP contribution < -0.4 is 16.0 Å². The van der Waals surface area contributed by atoms with Gasteiger partial charge in [-0.15, -0.1) is 0 Å². The smallest absolute Gasteiger partial charge is 0.188 e. The predicted octanol–water partition coefficient (Wildman–Crippen LogP) is 1.45. The molecule has 0 spiro atoms. The molecular formula is C19H33N5O. The minimum atomic E-state index is 0.544. The molecule has 140 valence electrons. The number of nitrogens with zero attached hydrogens (tertiary/aromatic N) is 3. The second-order valence-electron chi connectivity index (χ2n) is 6.37. The van der Waals surface area contributed by atoms with Gasteiger partial charge in [-0.25, -0.2) is 0 Å². The Morgan fingerprint density at radius 1 is 1.32 bits per heavy atom. The molecule has 0 amide bonds. The third-order valence-corrected chi connectivity index (χ3v) is 4.54. The van der Waals surface area contributed by atoms with Crippen molar-refractivity contribution < 1.29 is 4.74 Å². The maximum absolute atomic E-state index is 5.98. The second kappa shape index (κ2) is 10.9. The zero-order valence-corrected chi connectivity index (χ0v) is 15.7. The molecule has 1 saturated heterocycles. The average molecular weight is 348 g/mol. The van der Waals surface area contributed by atoms with Crippen molar-refractivity contribution in [2.24, 2.45) is 10.7 Å². The minimum Gasteiger partial charge on any atom is -0.379 e. The van der Waals surface area contributed by atoms with Crippen LogP contribution >= 0.6 is 0 Å². The van der Waals surface area contributed by atoms with E-state index in [-0.39, 0.29) is 0 Å². The summed E-state index contributed by atoms with van der Waals surface area (Å²) in [5.41, 5.74) is 8.56. The molecule has 1 aromatic rings. The zero-order chi connectivity index (χ0) is 17.9. The van der Waals surface area contributed by atoms with Crippen molar-refractivity contribution in [1.82, 2.24) is 10.2 Å². The number of morpholine rings is 1. The molecule has 1 aliphatic rings. The van der Waals surface area contributed by atoms with Gasteiger partial charge in [0.05, 0.1) is 13.2 Å². The van der Waals surface area contributed by atoms with Crippen LogP contribution in [-0.4, -0.2) is 69.9 Å². The van der Waals surface area contributed by atoms with Crippen LogP contribution in [0.15, 0.2) is 29.3 Å². The van der Waals surface area contributed by atoms with Gasteiger partial charge in [0.2, 0.25) is 0 Å². The number of aliphatic imine (C=N–C) groups is 1. The fourth-order valence-corrected chi connectivity index (χ4v) is 3.06. The Balaban J connectivity index is 1.64. The predicted molar refractivity (Wildman–Crippen MR) is 105 cm³/mol. The van der Waals surface area contributed by atoms with Crippen LogP contribution in [0, 0.1) is 6.92 Å². The summed E-state index contributed by atoms with van der Waals surface area (Å²) in [7, 11) is 0. The lowest BCUT2D eigenvalue weighted by Crippen LogP contribution is -2.39. The first-order chi connectivity index (χ1) is 12.2. The van der Waals surface area contributed by atoms with E-state index in [1.54, 1.807) is 0 Å². The van der Waals surface area contributed by atoms with Gasteiger partial charge in [-0.1, -0.05) is 18.2 Å². The van der Waals surface area contributed by atoms with Gasteiger partial charge in [-0.3, -0.25) is 9.89 Å². The van der Waals surface area contributed by atoms with E-state index in [1.165, 1.54) is 11.3 Å². The number of likely N-dealkylation sites (N-methyl/N-ethyl adjacent to an activating group) is 1. The fraction of sp³-hybridized carbons (Fsp3) is 0.632. The highest BCUT2D eigenvalue weighted by molar-refractivity contribution is 5.77. The van der Waals surface area contributed by atoms with Gasteiger partial charge < -0.3 is 20.7 Å². The SMILES string of the molecule is CCN(CCNC(N)=NCCCN1CCOCC1)c1ccccc1C. The molecule has 0 saturated carbocycles. The van der Waals surface area contributed by atoms with Crippen molar-refractivity contribution in [3.8, 4) is 0 Å². The van der Waals surface area contributed by atoms with Crippen LogP contribution in [-0.2, 0) is 4.74 Å². The Kier molecular flexibility index (Phi) is 8.55. The van der Waals surface area contributed by atoms with E-state index in [0.717, 1.165) is 65.4 Å². The van der Waals surface area contributed by atoms with Gasteiger partial charge in [-0.05, 0) is 31.9 Å². The normalized spacial score (nSPS) is 16.0. The molecule has 1 aromatic carbocycles. The van der Waals surface area contributed by atoms with E-state index < -0.39 is 0 Å². The van der Waals surface area contributed by atoms with Crippen LogP contribution in [0.25, 0.3) is 0 Å². The third kappa shape index (κ3) is 6.92. The lowest BCUT2D eigenvalue weighted by Gasteiger charge is -2.26. The molecular weight excluding hydrogens is 314 g/mol. The molecule has 0 aromatic heterocycles. The highest BCUT2D eigenvalue weighted by Gasteiger charge is 2.09. The van der Waals surface area contributed by atoms with Crippen LogP contribution in [0.1, 0.15) is 18.9 Å². The van der Waals surface area contributed by atoms with Crippen molar-refractivity contribution in [1.29, 1.82) is 0 Å². The molecule has 0 aliphatic carbocycles. The molecule has 0 radical (unpaired) electrons. The summed E-state index contributed by atoms with van der Waals surface area (Å²) < 4.78 is 5.35. The number of benzene rings is 1. The minimum absolute atomic E-state index is 0.544. The van der Waals surface area contributed by atoms with Crippen LogP contribution in [0.4, 0.5) is 5.69 Å². The summed E-state index contributed by atoms with van der Waals surface area (Å²) in [6.07, 6.45) is 1.03. The molecule has 3 N–H and O–H groups in total. The number of aryl methyl sites for hydroxylation is 1. The first kappa shape index (κ1) is 19.5. The number of nitrogens with one attached hydrogen (secondary N) is 1. The topological polar surface area (TPSA) is 66.1 Å². The van der Waals surface area contributed by atoms with Crippen molar-refractivity contribution >= 4 is 11.6 Å². The van der Waals surface area contributed by atoms with Gasteiger partial charge in [0.15, 0.2) is 5.96 Å². The Labute approximate surface area is 152 Å². The maximum Gasteiger partial charge on any atom is 0.188 e. The molecule has 0 unspecified atom stereocenters. The van der Waals surface area contributed by atoms with Crippen molar-refractivity contribution in [2.45, 2.75) is 20.3 Å². The number of hydrogen-bond acceptors (Lipinski definition) is 4. The van der Waals surface area contributed by atoms with Gasteiger partial charge in [0.1, 0.15) is 0 Å². The van der Waals surface area contributed by atoms with E-state index in [9.17, 15) is 0 Å². The summed E-state index contributed by atoms with van der Waals surface area (Å²) in [5.74, 6) is 0.544. The van der Waals surface area contributed by atoms with Crippen molar-refractivity contribution in [2.75, 3.05) is 63.9 Å². The maximum atomic E-state index is 5.98. The Morgan fingerprint density at radius 2 is 2.08 bits per heavy atom. The monoisotopic (exact) mass is 347 g/mol. The number of guanidine groups is 1. The quantitative estimate of drug-likeness (QED) is 0.402. The van der Waals surface area contributed by atoms with Crippen LogP contribution in [0.3, 0.4) is 0 Å². The lowest BCUT2D eigenvalue weighted by molar-refractivity contribution is 0.0377. The highest BCUT2D eigenvalue weighted by Crippen LogP contribution is 2.18. The first-order valence-electron chi connectivity index (χ1n) is 9.35. The number of nitrogens with two attached hydrogens (primary N) is 1. The van der Waals surface area contributed by atoms with Gasteiger partial charge in [0, 0.05) is 51.5 Å². The van der Waals surface area contributed by atoms with Crippen molar-refractivity contribution in [3.05, 3.63) is 29.8 Å². The van der Waals surface area contributed by atoms with Crippen LogP contribution in [0.5, 0.6) is 0 Å². The third-order valence-electron chi connectivity index (χ3n) is 4.54. The molecule has 2 rings (SSSR count). The molecule has 25 heavy (non-hydrogen) atoms. The molecule has 0 bridgehead atoms. The number of para-hydroxylation sites is 1. The Morgan fingerprint density at radius 3 is 2.80 bits per heavy atom. The molecule has 6 heteroatoms. The van der Waals surface area contributed by atoms with Gasteiger partial charge >= 0.3 is 0 Å². The summed E-state index contributed by atoms with van der Waals surface area (Å²) in [4.78, 5) is 9.20. The van der Waals surface area contributed by atoms with Crippen molar-refractivity contribution in [3.63, 3.8) is 0 Å². The van der Waals surface area contributed by atoms with E-state index in [4.69, 9.17) is 10.5 Å². The van der Waals surface area contributed by atoms with E-state index in [1.807, 2.05) is 0 Å².